The summed E-state index contributed by atoms with van der Waals surface area (Å²) >= 11 is 4.05. The number of aromatic nitrogens is 2. The van der Waals surface area contributed by atoms with Crippen LogP contribution >= 0.6 is 12.6 Å². The molecule has 4 heteroatoms. The highest BCUT2D eigenvalue weighted by molar-refractivity contribution is 7.83. The maximum Gasteiger partial charge on any atom is 0.0946 e. The van der Waals surface area contributed by atoms with Gasteiger partial charge in [-0.05, 0) is 41.7 Å². The van der Waals surface area contributed by atoms with Gasteiger partial charge in [-0.1, -0.05) is 42.0 Å². The number of nitrogen functional groups attached to an aromatic ring is 1. The van der Waals surface area contributed by atoms with E-state index in [1.165, 1.54) is 16.7 Å². The highest BCUT2D eigenvalue weighted by Crippen LogP contribution is 2.10. The fourth-order valence-corrected chi connectivity index (χ4v) is 2.34. The molecule has 1 heterocycles. The minimum Gasteiger partial charge on any atom is -0.399 e. The van der Waals surface area contributed by atoms with E-state index in [4.69, 9.17) is 5.73 Å². The normalized spacial score (nSPS) is 10.5. The molecule has 24 heavy (non-hydrogen) atoms. The Morgan fingerprint density at radius 1 is 1.08 bits per heavy atom. The fourth-order valence-electron chi connectivity index (χ4n) is 2.17. The van der Waals surface area contributed by atoms with Crippen LogP contribution in [0.25, 0.3) is 6.08 Å². The predicted molar refractivity (Wildman–Crippen MR) is 106 cm³/mol. The lowest BCUT2D eigenvalue weighted by atomic mass is 10.1. The molecule has 0 saturated heterocycles. The molecule has 0 aliphatic carbocycles. The number of benzene rings is 2. The molecule has 0 atom stereocenters. The van der Waals surface area contributed by atoms with E-state index in [1.54, 1.807) is 5.41 Å². The maximum atomic E-state index is 5.43. The SMILES string of the molecule is Cc1ccc(N)cc1.Cn1cnc(Cc2ccc(/C=C/S)cc2)c1. The monoisotopic (exact) mass is 337 g/mol. The molecule has 0 radical (unpaired) electrons. The summed E-state index contributed by atoms with van der Waals surface area (Å²) in [6, 6.07) is 16.2. The predicted octanol–water partition coefficient (Wildman–Crippen LogP) is 4.49. The van der Waals surface area contributed by atoms with E-state index in [-0.39, 0.29) is 0 Å². The van der Waals surface area contributed by atoms with E-state index in [1.807, 2.05) is 61.4 Å². The van der Waals surface area contributed by atoms with Crippen molar-refractivity contribution >= 4 is 24.4 Å². The Balaban J connectivity index is 0.000000219. The number of thiol groups is 1. The molecule has 0 unspecified atom stereocenters. The molecule has 0 saturated carbocycles. The van der Waals surface area contributed by atoms with Crippen molar-refractivity contribution in [2.75, 3.05) is 5.73 Å². The van der Waals surface area contributed by atoms with Gasteiger partial charge in [-0.3, -0.25) is 0 Å². The Kier molecular flexibility index (Phi) is 6.70. The second-order valence-electron chi connectivity index (χ2n) is 5.68. The van der Waals surface area contributed by atoms with Crippen LogP contribution in [0, 0.1) is 6.92 Å². The summed E-state index contributed by atoms with van der Waals surface area (Å²) in [5, 5.41) is 1.74. The van der Waals surface area contributed by atoms with Gasteiger partial charge >= 0.3 is 0 Å². The third-order valence-electron chi connectivity index (χ3n) is 3.47. The molecule has 3 aromatic rings. The zero-order valence-electron chi connectivity index (χ0n) is 14.1. The molecule has 2 N–H and O–H groups in total. The van der Waals surface area contributed by atoms with Gasteiger partial charge in [0.25, 0.3) is 0 Å². The van der Waals surface area contributed by atoms with Crippen molar-refractivity contribution < 1.29 is 0 Å². The lowest BCUT2D eigenvalue weighted by molar-refractivity contribution is 0.912. The number of nitrogens with two attached hydrogens (primary N) is 1. The Bertz CT molecular complexity index is 750. The minimum atomic E-state index is 0.829. The van der Waals surface area contributed by atoms with Gasteiger partial charge in [0.05, 0.1) is 12.0 Å². The summed E-state index contributed by atoms with van der Waals surface area (Å²) in [5.74, 6) is 0. The Labute approximate surface area is 149 Å². The summed E-state index contributed by atoms with van der Waals surface area (Å²) in [5.41, 5.74) is 11.0. The van der Waals surface area contributed by atoms with E-state index in [0.717, 1.165) is 17.8 Å². The van der Waals surface area contributed by atoms with E-state index < -0.39 is 0 Å². The zero-order chi connectivity index (χ0) is 17.4. The van der Waals surface area contributed by atoms with Crippen molar-refractivity contribution in [3.05, 3.63) is 88.8 Å². The van der Waals surface area contributed by atoms with Gasteiger partial charge < -0.3 is 10.3 Å². The summed E-state index contributed by atoms with van der Waals surface area (Å²) in [6.07, 6.45) is 6.72. The summed E-state index contributed by atoms with van der Waals surface area (Å²) < 4.78 is 1.97. The molecular weight excluding hydrogens is 314 g/mol. The number of anilines is 1. The number of rotatable bonds is 3. The van der Waals surface area contributed by atoms with E-state index >= 15 is 0 Å². The first-order valence-electron chi connectivity index (χ1n) is 7.75. The lowest BCUT2D eigenvalue weighted by Gasteiger charge is -1.99. The van der Waals surface area contributed by atoms with Gasteiger partial charge in [0, 0.05) is 25.4 Å². The first kappa shape index (κ1) is 17.9. The zero-order valence-corrected chi connectivity index (χ0v) is 14.9. The third kappa shape index (κ3) is 5.97. The van der Waals surface area contributed by atoms with Gasteiger partial charge in [-0.25, -0.2) is 4.98 Å². The van der Waals surface area contributed by atoms with Crippen LogP contribution in [0.5, 0.6) is 0 Å². The summed E-state index contributed by atoms with van der Waals surface area (Å²) in [4.78, 5) is 4.31. The summed E-state index contributed by atoms with van der Waals surface area (Å²) in [7, 11) is 1.98. The molecule has 0 aliphatic heterocycles. The number of nitrogens with zero attached hydrogens (tertiary/aromatic N) is 2. The Morgan fingerprint density at radius 2 is 1.75 bits per heavy atom. The average Bonchev–Trinajstić information content (AvgIpc) is 2.98. The third-order valence-corrected chi connectivity index (χ3v) is 3.62. The van der Waals surface area contributed by atoms with Crippen LogP contribution in [-0.2, 0) is 13.5 Å². The number of aryl methyl sites for hydroxylation is 2. The molecule has 0 amide bonds. The molecule has 0 aliphatic rings. The molecule has 0 bridgehead atoms. The van der Waals surface area contributed by atoms with Gasteiger partial charge in [-0.2, -0.15) is 12.6 Å². The van der Waals surface area contributed by atoms with Crippen molar-refractivity contribution in [1.29, 1.82) is 0 Å². The van der Waals surface area contributed by atoms with Crippen molar-refractivity contribution in [3.63, 3.8) is 0 Å². The number of hydrogen-bond acceptors (Lipinski definition) is 3. The van der Waals surface area contributed by atoms with Crippen molar-refractivity contribution in [2.45, 2.75) is 13.3 Å². The molecule has 1 aromatic heterocycles. The lowest BCUT2D eigenvalue weighted by Crippen LogP contribution is -1.88. The highest BCUT2D eigenvalue weighted by Gasteiger charge is 1.98. The first-order chi connectivity index (χ1) is 11.6. The van der Waals surface area contributed by atoms with Gasteiger partial charge in [0.1, 0.15) is 0 Å². The first-order valence-corrected chi connectivity index (χ1v) is 8.27. The molecule has 0 spiro atoms. The van der Waals surface area contributed by atoms with Crippen LogP contribution < -0.4 is 5.73 Å². The minimum absolute atomic E-state index is 0.829. The molecule has 3 nitrogen and oxygen atoms in total. The van der Waals surface area contributed by atoms with Crippen LogP contribution in [0.4, 0.5) is 5.69 Å². The van der Waals surface area contributed by atoms with Gasteiger partial charge in [-0.15, -0.1) is 0 Å². The topological polar surface area (TPSA) is 43.8 Å². The maximum absolute atomic E-state index is 5.43. The van der Waals surface area contributed by atoms with Gasteiger partial charge in [0.2, 0.25) is 0 Å². The largest absolute Gasteiger partial charge is 0.399 e. The Hall–Kier alpha value is -2.46. The standard InChI is InChI=1S/C13H14N2S.C7H9N/c1-15-9-13(14-10-15)8-12-4-2-11(3-5-12)6-7-16;1-6-2-4-7(8)5-3-6/h2-7,9-10,16H,8H2,1H3;2-5H,8H2,1H3/b7-6+;. The summed E-state index contributed by atoms with van der Waals surface area (Å²) in [6.45, 7) is 2.04. The second kappa shape index (κ2) is 8.99. The van der Waals surface area contributed by atoms with E-state index in [2.05, 4.69) is 41.9 Å². The quantitative estimate of drug-likeness (QED) is 0.546. The van der Waals surface area contributed by atoms with Crippen molar-refractivity contribution in [2.24, 2.45) is 7.05 Å². The molecule has 0 fully saturated rings. The molecular formula is C20H23N3S. The van der Waals surface area contributed by atoms with E-state index in [9.17, 15) is 0 Å². The smallest absolute Gasteiger partial charge is 0.0946 e. The molecule has 124 valence electrons. The van der Waals surface area contributed by atoms with Crippen molar-refractivity contribution in [3.8, 4) is 0 Å². The second-order valence-corrected chi connectivity index (χ2v) is 5.97. The average molecular weight is 337 g/mol. The molecule has 2 aromatic carbocycles. The number of hydrogen-bond donors (Lipinski definition) is 2. The Morgan fingerprint density at radius 3 is 2.25 bits per heavy atom. The highest BCUT2D eigenvalue weighted by atomic mass is 32.1. The van der Waals surface area contributed by atoms with Crippen LogP contribution in [0.1, 0.15) is 22.4 Å². The van der Waals surface area contributed by atoms with Crippen LogP contribution in [0.2, 0.25) is 0 Å². The van der Waals surface area contributed by atoms with Gasteiger partial charge in [0.15, 0.2) is 0 Å². The number of imidazole rings is 1. The van der Waals surface area contributed by atoms with Crippen molar-refractivity contribution in [1.82, 2.24) is 9.55 Å². The van der Waals surface area contributed by atoms with E-state index in [0.29, 0.717) is 0 Å². The van der Waals surface area contributed by atoms with Crippen LogP contribution in [-0.4, -0.2) is 9.55 Å². The fraction of sp³-hybridized carbons (Fsp3) is 0.150. The molecule has 3 rings (SSSR count). The van der Waals surface area contributed by atoms with Crippen LogP contribution in [0.15, 0.2) is 66.5 Å². The van der Waals surface area contributed by atoms with Crippen LogP contribution in [0.3, 0.4) is 0 Å².